The number of benzene rings is 1. The Hall–Kier alpha value is -2.34. The second kappa shape index (κ2) is 4.50. The van der Waals surface area contributed by atoms with Crippen molar-refractivity contribution in [3.63, 3.8) is 0 Å². The van der Waals surface area contributed by atoms with Gasteiger partial charge in [-0.15, -0.1) is 0 Å². The van der Waals surface area contributed by atoms with Crippen molar-refractivity contribution in [2.24, 2.45) is 7.05 Å². The van der Waals surface area contributed by atoms with Gasteiger partial charge in [0.15, 0.2) is 0 Å². The zero-order valence-corrected chi connectivity index (χ0v) is 10.7. The van der Waals surface area contributed by atoms with Gasteiger partial charge >= 0.3 is 0 Å². The molecule has 1 aromatic heterocycles. The highest BCUT2D eigenvalue weighted by molar-refractivity contribution is 5.73. The third-order valence-electron chi connectivity index (χ3n) is 2.98. The zero-order chi connectivity index (χ0) is 13.3. The molecule has 0 unspecified atom stereocenters. The van der Waals surface area contributed by atoms with Gasteiger partial charge in [-0.25, -0.2) is 0 Å². The monoisotopic (exact) mass is 238 g/mol. The number of nitriles is 1. The summed E-state index contributed by atoms with van der Waals surface area (Å²) in [7, 11) is 1.66. The van der Waals surface area contributed by atoms with Crippen molar-refractivity contribution in [2.45, 2.75) is 13.8 Å². The lowest BCUT2D eigenvalue weighted by atomic mass is 9.96. The first-order valence-corrected chi connectivity index (χ1v) is 5.72. The molecule has 18 heavy (non-hydrogen) atoms. The van der Waals surface area contributed by atoms with Crippen LogP contribution < -0.4 is 5.56 Å². The Morgan fingerprint density at radius 2 is 2.00 bits per heavy atom. The maximum atomic E-state index is 12.0. The molecule has 3 heteroatoms. The summed E-state index contributed by atoms with van der Waals surface area (Å²) < 4.78 is 1.45. The summed E-state index contributed by atoms with van der Waals surface area (Å²) in [5.41, 5.74) is 3.66. The molecular weight excluding hydrogens is 224 g/mol. The van der Waals surface area contributed by atoms with Gasteiger partial charge in [-0.2, -0.15) is 5.26 Å². The maximum Gasteiger partial charge on any atom is 0.268 e. The average Bonchev–Trinajstić information content (AvgIpc) is 2.33. The first-order valence-electron chi connectivity index (χ1n) is 5.72. The Labute approximate surface area is 106 Å². The van der Waals surface area contributed by atoms with Crippen molar-refractivity contribution < 1.29 is 0 Å². The zero-order valence-electron chi connectivity index (χ0n) is 10.7. The Morgan fingerprint density at radius 1 is 1.28 bits per heavy atom. The van der Waals surface area contributed by atoms with E-state index in [0.29, 0.717) is 0 Å². The normalized spacial score (nSPS) is 10.1. The van der Waals surface area contributed by atoms with Crippen molar-refractivity contribution >= 4 is 0 Å². The first-order chi connectivity index (χ1) is 8.54. The molecule has 0 aliphatic rings. The fraction of sp³-hybridized carbons (Fsp3) is 0.200. The fourth-order valence-corrected chi connectivity index (χ4v) is 2.17. The molecule has 0 saturated carbocycles. The van der Waals surface area contributed by atoms with Gasteiger partial charge in [0.1, 0.15) is 11.6 Å². The third-order valence-corrected chi connectivity index (χ3v) is 2.98. The predicted molar refractivity (Wildman–Crippen MR) is 71.3 cm³/mol. The number of pyridine rings is 1. The quantitative estimate of drug-likeness (QED) is 0.766. The average molecular weight is 238 g/mol. The molecule has 0 fully saturated rings. The number of hydrogen-bond acceptors (Lipinski definition) is 2. The van der Waals surface area contributed by atoms with Gasteiger partial charge in [-0.05, 0) is 25.0 Å². The minimum Gasteiger partial charge on any atom is -0.317 e. The van der Waals surface area contributed by atoms with Crippen LogP contribution in [-0.4, -0.2) is 4.57 Å². The van der Waals surface area contributed by atoms with Crippen LogP contribution in [0, 0.1) is 25.2 Å². The van der Waals surface area contributed by atoms with Gasteiger partial charge in [0.2, 0.25) is 0 Å². The van der Waals surface area contributed by atoms with Crippen molar-refractivity contribution in [3.05, 3.63) is 57.5 Å². The fourth-order valence-electron chi connectivity index (χ4n) is 2.17. The Balaban J connectivity index is 2.84. The summed E-state index contributed by atoms with van der Waals surface area (Å²) in [6, 6.07) is 9.87. The lowest BCUT2D eigenvalue weighted by Gasteiger charge is -2.10. The van der Waals surface area contributed by atoms with Crippen molar-refractivity contribution in [1.29, 1.82) is 5.26 Å². The van der Waals surface area contributed by atoms with Crippen LogP contribution >= 0.6 is 0 Å². The van der Waals surface area contributed by atoms with Gasteiger partial charge in [-0.1, -0.05) is 29.8 Å². The van der Waals surface area contributed by atoms with Gasteiger partial charge in [0.25, 0.3) is 5.56 Å². The summed E-state index contributed by atoms with van der Waals surface area (Å²) in [6.07, 6.45) is 1.76. The van der Waals surface area contributed by atoms with Crippen molar-refractivity contribution in [3.8, 4) is 17.2 Å². The van der Waals surface area contributed by atoms with E-state index in [9.17, 15) is 10.1 Å². The number of hydrogen-bond donors (Lipinski definition) is 0. The Bertz CT molecular complexity index is 705. The number of nitrogens with zero attached hydrogens (tertiary/aromatic N) is 2. The van der Waals surface area contributed by atoms with Crippen LogP contribution in [0.25, 0.3) is 11.1 Å². The topological polar surface area (TPSA) is 45.8 Å². The van der Waals surface area contributed by atoms with Crippen LogP contribution in [0.4, 0.5) is 0 Å². The van der Waals surface area contributed by atoms with Crippen molar-refractivity contribution in [2.75, 3.05) is 0 Å². The SMILES string of the molecule is Cc1cccc(-c2c(C)cn(C)c(=O)c2C#N)c1. The molecule has 2 rings (SSSR count). The minimum absolute atomic E-state index is 0.211. The molecule has 0 spiro atoms. The molecule has 2 aromatic rings. The highest BCUT2D eigenvalue weighted by Gasteiger charge is 2.13. The van der Waals surface area contributed by atoms with E-state index in [2.05, 4.69) is 0 Å². The molecule has 90 valence electrons. The molecule has 0 aliphatic carbocycles. The van der Waals surface area contributed by atoms with Gasteiger partial charge in [0, 0.05) is 18.8 Å². The second-order valence-electron chi connectivity index (χ2n) is 4.46. The summed E-state index contributed by atoms with van der Waals surface area (Å²) in [6.45, 7) is 3.91. The molecule has 0 N–H and O–H groups in total. The van der Waals surface area contributed by atoms with E-state index < -0.39 is 0 Å². The van der Waals surface area contributed by atoms with Crippen molar-refractivity contribution in [1.82, 2.24) is 4.57 Å². The second-order valence-corrected chi connectivity index (χ2v) is 4.46. The molecule has 0 amide bonds. The van der Waals surface area contributed by atoms with E-state index in [1.807, 2.05) is 44.2 Å². The highest BCUT2D eigenvalue weighted by Crippen LogP contribution is 2.25. The molecule has 0 bridgehead atoms. The summed E-state index contributed by atoms with van der Waals surface area (Å²) in [5, 5.41) is 9.22. The van der Waals surface area contributed by atoms with Crippen LogP contribution in [0.2, 0.25) is 0 Å². The third kappa shape index (κ3) is 1.93. The number of aryl methyl sites for hydroxylation is 3. The molecule has 0 saturated heterocycles. The van der Waals surface area contributed by atoms with Gasteiger partial charge in [0.05, 0.1) is 0 Å². The first kappa shape index (κ1) is 12.1. The lowest BCUT2D eigenvalue weighted by Crippen LogP contribution is -2.20. The smallest absolute Gasteiger partial charge is 0.268 e. The minimum atomic E-state index is -0.250. The van der Waals surface area contributed by atoms with E-state index >= 15 is 0 Å². The van der Waals surface area contributed by atoms with E-state index in [-0.39, 0.29) is 11.1 Å². The molecule has 0 radical (unpaired) electrons. The van der Waals surface area contributed by atoms with Gasteiger partial charge in [-0.3, -0.25) is 4.79 Å². The maximum absolute atomic E-state index is 12.0. The largest absolute Gasteiger partial charge is 0.317 e. The van der Waals surface area contributed by atoms with Crippen LogP contribution in [0.3, 0.4) is 0 Å². The van der Waals surface area contributed by atoms with E-state index in [0.717, 1.165) is 22.3 Å². The summed E-state index contributed by atoms with van der Waals surface area (Å²) in [5.74, 6) is 0. The van der Waals surface area contributed by atoms with E-state index in [4.69, 9.17) is 0 Å². The van der Waals surface area contributed by atoms with Crippen LogP contribution in [0.5, 0.6) is 0 Å². The van der Waals surface area contributed by atoms with Crippen LogP contribution in [-0.2, 0) is 7.05 Å². The van der Waals surface area contributed by atoms with Gasteiger partial charge < -0.3 is 4.57 Å². The predicted octanol–water partition coefficient (Wildman–Crippen LogP) is 2.54. The molecule has 0 aliphatic heterocycles. The number of aromatic nitrogens is 1. The van der Waals surface area contributed by atoms with Crippen LogP contribution in [0.1, 0.15) is 16.7 Å². The number of rotatable bonds is 1. The molecule has 1 heterocycles. The molecule has 3 nitrogen and oxygen atoms in total. The summed E-state index contributed by atoms with van der Waals surface area (Å²) >= 11 is 0. The molecule has 1 aromatic carbocycles. The van der Waals surface area contributed by atoms with E-state index in [1.165, 1.54) is 4.57 Å². The molecular formula is C15H14N2O. The lowest BCUT2D eigenvalue weighted by molar-refractivity contribution is 0.848. The Kier molecular flexibility index (Phi) is 3.03. The van der Waals surface area contributed by atoms with Crippen LogP contribution in [0.15, 0.2) is 35.3 Å². The summed E-state index contributed by atoms with van der Waals surface area (Å²) in [4.78, 5) is 12.0. The molecule has 0 atom stereocenters. The Morgan fingerprint density at radius 3 is 2.61 bits per heavy atom. The standard InChI is InChI=1S/C15H14N2O/c1-10-5-4-6-12(7-10)14-11(2)9-17(3)15(18)13(14)8-16/h4-7,9H,1-3H3. The van der Waals surface area contributed by atoms with E-state index in [1.54, 1.807) is 13.2 Å². The highest BCUT2D eigenvalue weighted by atomic mass is 16.1.